The summed E-state index contributed by atoms with van der Waals surface area (Å²) >= 11 is 0. The Morgan fingerprint density at radius 1 is 1.64 bits per heavy atom. The summed E-state index contributed by atoms with van der Waals surface area (Å²) < 4.78 is 1.94. The largest absolute Gasteiger partial charge is 0.326 e. The van der Waals surface area contributed by atoms with Gasteiger partial charge in [-0.25, -0.2) is 0 Å². The molecule has 1 saturated heterocycles. The van der Waals surface area contributed by atoms with Crippen LogP contribution >= 0.6 is 0 Å². The number of likely N-dealkylation sites (tertiary alicyclic amines) is 1. The van der Waals surface area contributed by atoms with Crippen molar-refractivity contribution in [2.75, 3.05) is 19.6 Å². The van der Waals surface area contributed by atoms with Crippen molar-refractivity contribution in [3.63, 3.8) is 0 Å². The predicted molar refractivity (Wildman–Crippen MR) is 55.9 cm³/mol. The van der Waals surface area contributed by atoms with Gasteiger partial charge >= 0.3 is 0 Å². The van der Waals surface area contributed by atoms with E-state index < -0.39 is 0 Å². The van der Waals surface area contributed by atoms with Crippen LogP contribution in [0.1, 0.15) is 12.1 Å². The summed E-state index contributed by atoms with van der Waals surface area (Å²) in [5, 5.41) is 4.15. The summed E-state index contributed by atoms with van der Waals surface area (Å²) in [5.74, 6) is 0. The average molecular weight is 194 g/mol. The maximum absolute atomic E-state index is 5.84. The highest BCUT2D eigenvalue weighted by atomic mass is 15.3. The van der Waals surface area contributed by atoms with Crippen LogP contribution < -0.4 is 5.73 Å². The van der Waals surface area contributed by atoms with Gasteiger partial charge in [0.25, 0.3) is 0 Å². The van der Waals surface area contributed by atoms with E-state index in [0.717, 1.165) is 32.5 Å². The molecule has 1 aliphatic rings. The molecule has 1 fully saturated rings. The minimum Gasteiger partial charge on any atom is -0.326 e. The minimum absolute atomic E-state index is 0.390. The highest BCUT2D eigenvalue weighted by molar-refractivity contribution is 5.00. The van der Waals surface area contributed by atoms with Crippen LogP contribution in [0, 0.1) is 0 Å². The standard InChI is InChI=1S/C10H18N4/c1-13-10(2-5-12-13)4-7-14-6-3-9(11)8-14/h2,5,9H,3-4,6-8,11H2,1H3. The second kappa shape index (κ2) is 4.11. The summed E-state index contributed by atoms with van der Waals surface area (Å²) in [7, 11) is 1.99. The molecule has 0 amide bonds. The average Bonchev–Trinajstić information content (AvgIpc) is 2.72. The fraction of sp³-hybridized carbons (Fsp3) is 0.700. The highest BCUT2D eigenvalue weighted by Gasteiger charge is 2.18. The first kappa shape index (κ1) is 9.68. The van der Waals surface area contributed by atoms with Crippen LogP contribution in [0.4, 0.5) is 0 Å². The van der Waals surface area contributed by atoms with Crippen molar-refractivity contribution in [2.24, 2.45) is 12.8 Å². The summed E-state index contributed by atoms with van der Waals surface area (Å²) in [6.45, 7) is 3.31. The Kier molecular flexibility index (Phi) is 2.84. The van der Waals surface area contributed by atoms with Gasteiger partial charge in [0, 0.05) is 44.5 Å². The Balaban J connectivity index is 1.80. The Labute approximate surface area is 84.7 Å². The molecule has 1 aromatic rings. The zero-order chi connectivity index (χ0) is 9.97. The molecule has 2 N–H and O–H groups in total. The molecule has 0 bridgehead atoms. The molecule has 1 aliphatic heterocycles. The molecule has 1 unspecified atom stereocenters. The van der Waals surface area contributed by atoms with E-state index in [2.05, 4.69) is 16.1 Å². The zero-order valence-electron chi connectivity index (χ0n) is 8.69. The quantitative estimate of drug-likeness (QED) is 0.736. The second-order valence-electron chi connectivity index (χ2n) is 4.05. The van der Waals surface area contributed by atoms with Crippen LogP contribution in [0.5, 0.6) is 0 Å². The number of nitrogens with zero attached hydrogens (tertiary/aromatic N) is 3. The molecule has 0 saturated carbocycles. The lowest BCUT2D eigenvalue weighted by atomic mass is 10.3. The van der Waals surface area contributed by atoms with Crippen LogP contribution in [-0.2, 0) is 13.5 Å². The Hall–Kier alpha value is -0.870. The molecule has 2 rings (SSSR count). The van der Waals surface area contributed by atoms with Gasteiger partial charge in [-0.2, -0.15) is 5.10 Å². The van der Waals surface area contributed by atoms with Crippen LogP contribution in [0.15, 0.2) is 12.3 Å². The van der Waals surface area contributed by atoms with Crippen LogP contribution in [-0.4, -0.2) is 40.4 Å². The molecule has 78 valence electrons. The lowest BCUT2D eigenvalue weighted by Crippen LogP contribution is -2.28. The Morgan fingerprint density at radius 3 is 3.07 bits per heavy atom. The monoisotopic (exact) mass is 194 g/mol. The van der Waals surface area contributed by atoms with Crippen LogP contribution in [0.25, 0.3) is 0 Å². The molecular weight excluding hydrogens is 176 g/mol. The number of hydrogen-bond donors (Lipinski definition) is 1. The smallest absolute Gasteiger partial charge is 0.0492 e. The molecule has 4 nitrogen and oxygen atoms in total. The molecule has 1 aromatic heterocycles. The summed E-state index contributed by atoms with van der Waals surface area (Å²) in [5.41, 5.74) is 7.14. The van der Waals surface area contributed by atoms with Gasteiger partial charge in [-0.1, -0.05) is 0 Å². The maximum atomic E-state index is 5.84. The van der Waals surface area contributed by atoms with Crippen molar-refractivity contribution in [2.45, 2.75) is 18.9 Å². The van der Waals surface area contributed by atoms with Crippen molar-refractivity contribution in [3.8, 4) is 0 Å². The third-order valence-electron chi connectivity index (χ3n) is 2.92. The lowest BCUT2D eigenvalue weighted by Gasteiger charge is -2.14. The van der Waals surface area contributed by atoms with E-state index in [9.17, 15) is 0 Å². The first-order valence-electron chi connectivity index (χ1n) is 5.20. The van der Waals surface area contributed by atoms with E-state index in [1.807, 2.05) is 17.9 Å². The third-order valence-corrected chi connectivity index (χ3v) is 2.92. The van der Waals surface area contributed by atoms with Crippen molar-refractivity contribution >= 4 is 0 Å². The van der Waals surface area contributed by atoms with E-state index >= 15 is 0 Å². The fourth-order valence-corrected chi connectivity index (χ4v) is 1.98. The molecule has 14 heavy (non-hydrogen) atoms. The summed E-state index contributed by atoms with van der Waals surface area (Å²) in [6.07, 6.45) is 4.07. The fourth-order valence-electron chi connectivity index (χ4n) is 1.98. The van der Waals surface area contributed by atoms with Crippen molar-refractivity contribution < 1.29 is 0 Å². The molecule has 0 aromatic carbocycles. The number of hydrogen-bond acceptors (Lipinski definition) is 3. The van der Waals surface area contributed by atoms with E-state index in [-0.39, 0.29) is 0 Å². The van der Waals surface area contributed by atoms with Gasteiger partial charge in [0.2, 0.25) is 0 Å². The highest BCUT2D eigenvalue weighted by Crippen LogP contribution is 2.08. The number of aryl methyl sites for hydroxylation is 1. The number of aromatic nitrogens is 2. The van der Waals surface area contributed by atoms with E-state index in [1.165, 1.54) is 5.69 Å². The predicted octanol–water partition coefficient (Wildman–Crippen LogP) is -0.00440. The van der Waals surface area contributed by atoms with Gasteiger partial charge in [0.1, 0.15) is 0 Å². The minimum atomic E-state index is 0.390. The molecule has 2 heterocycles. The van der Waals surface area contributed by atoms with Gasteiger partial charge in [-0.15, -0.1) is 0 Å². The van der Waals surface area contributed by atoms with Gasteiger partial charge in [0.05, 0.1) is 0 Å². The molecule has 4 heteroatoms. The van der Waals surface area contributed by atoms with Crippen LogP contribution in [0.2, 0.25) is 0 Å². The van der Waals surface area contributed by atoms with E-state index in [0.29, 0.717) is 6.04 Å². The molecule has 0 spiro atoms. The van der Waals surface area contributed by atoms with Crippen LogP contribution in [0.3, 0.4) is 0 Å². The summed E-state index contributed by atoms with van der Waals surface area (Å²) in [6, 6.07) is 2.47. The van der Waals surface area contributed by atoms with Crippen molar-refractivity contribution in [3.05, 3.63) is 18.0 Å². The number of nitrogens with two attached hydrogens (primary N) is 1. The van der Waals surface area contributed by atoms with Crippen molar-refractivity contribution in [1.82, 2.24) is 14.7 Å². The van der Waals surface area contributed by atoms with E-state index in [4.69, 9.17) is 5.73 Å². The van der Waals surface area contributed by atoms with Gasteiger partial charge < -0.3 is 10.6 Å². The van der Waals surface area contributed by atoms with Crippen molar-refractivity contribution in [1.29, 1.82) is 0 Å². The van der Waals surface area contributed by atoms with Gasteiger partial charge in [-0.3, -0.25) is 4.68 Å². The van der Waals surface area contributed by atoms with E-state index in [1.54, 1.807) is 0 Å². The van der Waals surface area contributed by atoms with Gasteiger partial charge in [0.15, 0.2) is 0 Å². The lowest BCUT2D eigenvalue weighted by molar-refractivity contribution is 0.336. The SMILES string of the molecule is Cn1nccc1CCN1CCC(N)C1. The number of rotatable bonds is 3. The maximum Gasteiger partial charge on any atom is 0.0492 e. The van der Waals surface area contributed by atoms with Gasteiger partial charge in [-0.05, 0) is 19.0 Å². The zero-order valence-corrected chi connectivity index (χ0v) is 8.69. The molecule has 0 aliphatic carbocycles. The molecule has 1 atom stereocenters. The topological polar surface area (TPSA) is 47.1 Å². The molecule has 0 radical (unpaired) electrons. The summed E-state index contributed by atoms with van der Waals surface area (Å²) in [4.78, 5) is 2.43. The first-order valence-corrected chi connectivity index (χ1v) is 5.20. The third kappa shape index (κ3) is 2.13. The molecular formula is C10H18N4. The first-order chi connectivity index (χ1) is 6.75. The second-order valence-corrected chi connectivity index (χ2v) is 4.05. The Bertz CT molecular complexity index is 294. The normalized spacial score (nSPS) is 23.1. The Morgan fingerprint density at radius 2 is 2.50 bits per heavy atom.